The fourth-order valence-corrected chi connectivity index (χ4v) is 1.97. The van der Waals surface area contributed by atoms with E-state index in [1.54, 1.807) is 6.92 Å². The predicted octanol–water partition coefficient (Wildman–Crippen LogP) is 2.42. The second kappa shape index (κ2) is 4.79. The van der Waals surface area contributed by atoms with Gasteiger partial charge in [0.2, 0.25) is 0 Å². The number of hydrogen-bond acceptors (Lipinski definition) is 2. The molecular formula is C13H9ClFNO2. The zero-order valence-corrected chi connectivity index (χ0v) is 10.3. The van der Waals surface area contributed by atoms with E-state index in [2.05, 4.69) is 11.8 Å². The normalized spacial score (nSPS) is 13.4. The van der Waals surface area contributed by atoms with Crippen molar-refractivity contribution in [1.82, 2.24) is 0 Å². The summed E-state index contributed by atoms with van der Waals surface area (Å²) in [5.74, 6) is 3.52. The molecule has 0 aromatic heterocycles. The molecule has 0 spiro atoms. The molecule has 2 rings (SSSR count). The van der Waals surface area contributed by atoms with E-state index in [0.717, 1.165) is 6.07 Å². The van der Waals surface area contributed by atoms with E-state index in [4.69, 9.17) is 11.6 Å². The highest BCUT2D eigenvalue weighted by Crippen LogP contribution is 2.33. The Balaban J connectivity index is 2.40. The minimum atomic E-state index is -0.662. The van der Waals surface area contributed by atoms with E-state index in [1.165, 1.54) is 11.0 Å². The highest BCUT2D eigenvalue weighted by Gasteiger charge is 2.36. The van der Waals surface area contributed by atoms with Crippen molar-refractivity contribution in [3.05, 3.63) is 28.5 Å². The van der Waals surface area contributed by atoms with Gasteiger partial charge in [-0.05, 0) is 19.1 Å². The summed E-state index contributed by atoms with van der Waals surface area (Å²) >= 11 is 5.60. The molecule has 5 heteroatoms. The fourth-order valence-electron chi connectivity index (χ4n) is 1.80. The zero-order valence-electron chi connectivity index (χ0n) is 9.59. The summed E-state index contributed by atoms with van der Waals surface area (Å²) < 4.78 is 13.4. The van der Waals surface area contributed by atoms with Crippen LogP contribution in [0.1, 0.15) is 23.7 Å². The van der Waals surface area contributed by atoms with Gasteiger partial charge in [-0.3, -0.25) is 9.59 Å². The van der Waals surface area contributed by atoms with E-state index < -0.39 is 17.5 Å². The van der Waals surface area contributed by atoms with E-state index in [1.807, 2.05) is 0 Å². The highest BCUT2D eigenvalue weighted by molar-refractivity contribution is 6.52. The molecule has 0 N–H and O–H groups in total. The number of amides is 1. The van der Waals surface area contributed by atoms with Crippen LogP contribution >= 0.6 is 11.6 Å². The zero-order chi connectivity index (χ0) is 13.3. The van der Waals surface area contributed by atoms with Crippen LogP contribution < -0.4 is 4.90 Å². The van der Waals surface area contributed by atoms with Crippen LogP contribution in [0, 0.1) is 17.7 Å². The first-order valence-electron chi connectivity index (χ1n) is 5.31. The number of benzene rings is 1. The van der Waals surface area contributed by atoms with Crippen LogP contribution in [0.5, 0.6) is 0 Å². The number of anilines is 1. The second-order valence-electron chi connectivity index (χ2n) is 3.75. The van der Waals surface area contributed by atoms with Crippen LogP contribution in [0.25, 0.3) is 0 Å². The summed E-state index contributed by atoms with van der Waals surface area (Å²) in [6.07, 6.45) is 0.430. The third-order valence-electron chi connectivity index (χ3n) is 2.65. The first kappa shape index (κ1) is 12.6. The van der Waals surface area contributed by atoms with Crippen molar-refractivity contribution >= 4 is 29.0 Å². The van der Waals surface area contributed by atoms with Crippen LogP contribution in [0.3, 0.4) is 0 Å². The van der Waals surface area contributed by atoms with Gasteiger partial charge in [-0.1, -0.05) is 11.6 Å². The summed E-state index contributed by atoms with van der Waals surface area (Å²) in [6.45, 7) is 1.95. The summed E-state index contributed by atoms with van der Waals surface area (Å²) in [4.78, 5) is 24.7. The van der Waals surface area contributed by atoms with Crippen molar-refractivity contribution in [3.8, 4) is 11.8 Å². The van der Waals surface area contributed by atoms with Gasteiger partial charge in [-0.2, -0.15) is 0 Å². The molecule has 1 heterocycles. The van der Waals surface area contributed by atoms with Gasteiger partial charge >= 0.3 is 0 Å². The number of fused-ring (bicyclic) bond motifs is 1. The summed E-state index contributed by atoms with van der Waals surface area (Å²) in [6, 6.07) is 2.30. The highest BCUT2D eigenvalue weighted by atomic mass is 35.5. The van der Waals surface area contributed by atoms with E-state index >= 15 is 0 Å². The Bertz CT molecular complexity index is 601. The summed E-state index contributed by atoms with van der Waals surface area (Å²) in [7, 11) is 0. The number of rotatable bonds is 2. The number of carbonyl (C=O) groups is 2. The lowest BCUT2D eigenvalue weighted by atomic mass is 10.1. The Kier molecular flexibility index (Phi) is 3.35. The van der Waals surface area contributed by atoms with Gasteiger partial charge in [-0.15, -0.1) is 11.8 Å². The molecule has 1 aromatic carbocycles. The molecule has 0 saturated carbocycles. The lowest BCUT2D eigenvalue weighted by molar-refractivity contribution is -0.114. The van der Waals surface area contributed by atoms with Gasteiger partial charge < -0.3 is 4.90 Å². The maximum Gasteiger partial charge on any atom is 0.299 e. The van der Waals surface area contributed by atoms with Crippen LogP contribution in [0.15, 0.2) is 12.1 Å². The molecule has 1 aliphatic rings. The van der Waals surface area contributed by atoms with Gasteiger partial charge in [0, 0.05) is 13.0 Å². The molecule has 0 atom stereocenters. The Morgan fingerprint density at radius 2 is 2.11 bits per heavy atom. The van der Waals surface area contributed by atoms with Crippen LogP contribution in [0.2, 0.25) is 5.02 Å². The fraction of sp³-hybridized carbons (Fsp3) is 0.231. The van der Waals surface area contributed by atoms with Crippen molar-refractivity contribution in [2.45, 2.75) is 13.3 Å². The molecule has 1 amide bonds. The van der Waals surface area contributed by atoms with Crippen LogP contribution in [-0.2, 0) is 4.79 Å². The van der Waals surface area contributed by atoms with Crippen molar-refractivity contribution < 1.29 is 14.0 Å². The third kappa shape index (κ3) is 1.98. The van der Waals surface area contributed by atoms with Gasteiger partial charge in [0.25, 0.3) is 11.7 Å². The number of halogens is 2. The molecule has 92 valence electrons. The Morgan fingerprint density at radius 1 is 1.39 bits per heavy atom. The average molecular weight is 266 g/mol. The topological polar surface area (TPSA) is 37.4 Å². The molecule has 0 fully saturated rings. The lowest BCUT2D eigenvalue weighted by Gasteiger charge is -2.14. The van der Waals surface area contributed by atoms with Crippen molar-refractivity contribution in [3.63, 3.8) is 0 Å². The third-order valence-corrected chi connectivity index (χ3v) is 2.94. The van der Waals surface area contributed by atoms with Gasteiger partial charge in [0.05, 0.1) is 16.3 Å². The number of carbonyl (C=O) groups excluding carboxylic acids is 2. The molecule has 1 aliphatic heterocycles. The van der Waals surface area contributed by atoms with E-state index in [-0.39, 0.29) is 22.8 Å². The lowest BCUT2D eigenvalue weighted by Crippen LogP contribution is -2.30. The van der Waals surface area contributed by atoms with Gasteiger partial charge in [0.15, 0.2) is 0 Å². The first-order chi connectivity index (χ1) is 8.56. The molecule has 3 nitrogen and oxygen atoms in total. The van der Waals surface area contributed by atoms with Crippen LogP contribution in [-0.4, -0.2) is 18.2 Å². The average Bonchev–Trinajstić information content (AvgIpc) is 2.56. The smallest absolute Gasteiger partial charge is 0.299 e. The largest absolute Gasteiger partial charge is 0.304 e. The molecule has 0 saturated heterocycles. The number of Topliss-reactive ketones (excluding diaryl/α,β-unsaturated/α-hetero) is 1. The van der Waals surface area contributed by atoms with Crippen molar-refractivity contribution in [2.75, 3.05) is 11.4 Å². The van der Waals surface area contributed by atoms with Crippen molar-refractivity contribution in [1.29, 1.82) is 0 Å². The summed E-state index contributed by atoms with van der Waals surface area (Å²) in [5, 5.41) is -0.162. The SMILES string of the molecule is CC#CCCN1C(=O)C(=O)c2cc(Cl)c(F)cc21. The maximum absolute atomic E-state index is 13.4. The monoisotopic (exact) mass is 265 g/mol. The number of nitrogens with zero attached hydrogens (tertiary/aromatic N) is 1. The molecule has 0 bridgehead atoms. The minimum Gasteiger partial charge on any atom is -0.304 e. The van der Waals surface area contributed by atoms with E-state index in [9.17, 15) is 14.0 Å². The van der Waals surface area contributed by atoms with E-state index in [0.29, 0.717) is 6.42 Å². The Labute approximate surface area is 109 Å². The predicted molar refractivity (Wildman–Crippen MR) is 66.2 cm³/mol. The Morgan fingerprint density at radius 3 is 2.78 bits per heavy atom. The number of hydrogen-bond donors (Lipinski definition) is 0. The van der Waals surface area contributed by atoms with Gasteiger partial charge in [-0.25, -0.2) is 4.39 Å². The standard InChI is InChI=1S/C13H9ClFNO2/c1-2-3-4-5-16-11-7-10(15)9(14)6-8(11)12(17)13(16)18/h6-7H,4-5H2,1H3. The van der Waals surface area contributed by atoms with Crippen molar-refractivity contribution in [2.24, 2.45) is 0 Å². The first-order valence-corrected chi connectivity index (χ1v) is 5.69. The molecule has 18 heavy (non-hydrogen) atoms. The summed E-state index contributed by atoms with van der Waals surface area (Å²) in [5.41, 5.74) is 0.417. The maximum atomic E-state index is 13.4. The molecule has 0 aliphatic carbocycles. The second-order valence-corrected chi connectivity index (χ2v) is 4.15. The quantitative estimate of drug-likeness (QED) is 0.608. The molecular weight excluding hydrogens is 257 g/mol. The van der Waals surface area contributed by atoms with Gasteiger partial charge in [0.1, 0.15) is 5.82 Å². The number of ketones is 1. The Hall–Kier alpha value is -1.86. The molecule has 0 unspecified atom stereocenters. The minimum absolute atomic E-state index is 0.149. The van der Waals surface area contributed by atoms with Crippen LogP contribution in [0.4, 0.5) is 10.1 Å². The molecule has 0 radical (unpaired) electrons. The molecule has 1 aromatic rings.